The van der Waals surface area contributed by atoms with Crippen molar-refractivity contribution in [2.75, 3.05) is 6.73 Å². The number of nitrogens with one attached hydrogen (secondary N) is 2. The second-order valence-corrected chi connectivity index (χ2v) is 5.96. The van der Waals surface area contributed by atoms with E-state index in [9.17, 15) is 19.2 Å². The Balaban J connectivity index is 0.000000231. The Morgan fingerprint density at radius 2 is 1.57 bits per heavy atom. The molecule has 0 aromatic heterocycles. The normalized spacial score (nSPS) is 22.1. The van der Waals surface area contributed by atoms with Crippen LogP contribution in [-0.4, -0.2) is 73.2 Å². The molecular formula is C12H20N4O7. The van der Waals surface area contributed by atoms with Crippen LogP contribution in [0.5, 0.6) is 0 Å². The van der Waals surface area contributed by atoms with Gasteiger partial charge in [0, 0.05) is 0 Å². The zero-order chi connectivity index (χ0) is 18.2. The Morgan fingerprint density at radius 3 is 1.74 bits per heavy atom. The highest BCUT2D eigenvalue weighted by molar-refractivity contribution is 6.07. The van der Waals surface area contributed by atoms with Gasteiger partial charge in [-0.15, -0.1) is 0 Å². The largest absolute Gasteiger partial charge is 0.376 e. The van der Waals surface area contributed by atoms with E-state index in [0.29, 0.717) is 4.90 Å². The minimum atomic E-state index is -2.07. The molecule has 2 heterocycles. The second kappa shape index (κ2) is 6.10. The molecule has 2 fully saturated rings. The highest BCUT2D eigenvalue weighted by Crippen LogP contribution is 2.19. The third kappa shape index (κ3) is 3.41. The summed E-state index contributed by atoms with van der Waals surface area (Å²) in [6.45, 7) is 5.67. The highest BCUT2D eigenvalue weighted by atomic mass is 16.5. The summed E-state index contributed by atoms with van der Waals surface area (Å²) in [6.07, 6.45) is -2.07. The van der Waals surface area contributed by atoms with Crippen LogP contribution < -0.4 is 10.6 Å². The van der Waals surface area contributed by atoms with E-state index in [1.54, 1.807) is 13.8 Å². The molecule has 5 N–H and O–H groups in total. The van der Waals surface area contributed by atoms with Crippen molar-refractivity contribution in [3.8, 4) is 0 Å². The molecule has 0 radical (unpaired) electrons. The number of rotatable bonds is 2. The van der Waals surface area contributed by atoms with Crippen LogP contribution in [0.15, 0.2) is 0 Å². The first-order valence-electron chi connectivity index (χ1n) is 6.62. The topological polar surface area (TPSA) is 160 Å². The van der Waals surface area contributed by atoms with E-state index in [4.69, 9.17) is 15.3 Å². The zero-order valence-electron chi connectivity index (χ0n) is 13.2. The van der Waals surface area contributed by atoms with Crippen LogP contribution in [0.3, 0.4) is 0 Å². The van der Waals surface area contributed by atoms with E-state index in [1.165, 1.54) is 13.8 Å². The molecule has 0 saturated carbocycles. The fourth-order valence-corrected chi connectivity index (χ4v) is 1.92. The van der Waals surface area contributed by atoms with Crippen molar-refractivity contribution in [1.29, 1.82) is 0 Å². The molecule has 0 spiro atoms. The summed E-state index contributed by atoms with van der Waals surface area (Å²) in [6, 6.07) is -1.33. The summed E-state index contributed by atoms with van der Waals surface area (Å²) in [7, 11) is 0. The van der Waals surface area contributed by atoms with Gasteiger partial charge in [-0.2, -0.15) is 0 Å². The molecular weight excluding hydrogens is 312 g/mol. The van der Waals surface area contributed by atoms with Crippen LogP contribution in [0, 0.1) is 0 Å². The monoisotopic (exact) mass is 332 g/mol. The number of carbonyl (C=O) groups excluding carboxylic acids is 4. The lowest BCUT2D eigenvalue weighted by Gasteiger charge is -2.24. The van der Waals surface area contributed by atoms with Crippen LogP contribution in [-0.2, 0) is 9.59 Å². The molecule has 6 amide bonds. The van der Waals surface area contributed by atoms with Crippen molar-refractivity contribution in [2.45, 2.75) is 45.2 Å². The van der Waals surface area contributed by atoms with E-state index in [0.717, 1.165) is 4.90 Å². The van der Waals surface area contributed by atoms with Gasteiger partial charge < -0.3 is 20.6 Å². The van der Waals surface area contributed by atoms with E-state index < -0.39 is 42.2 Å². The van der Waals surface area contributed by atoms with Crippen LogP contribution >= 0.6 is 0 Å². The molecule has 2 rings (SSSR count). The molecule has 0 aliphatic carbocycles. The number of aliphatic hydroxyl groups is 3. The summed E-state index contributed by atoms with van der Waals surface area (Å²) in [5.41, 5.74) is -1.98. The Labute approximate surface area is 131 Å². The lowest BCUT2D eigenvalue weighted by atomic mass is 10.1. The average Bonchev–Trinajstić information content (AvgIpc) is 2.70. The van der Waals surface area contributed by atoms with Gasteiger partial charge in [-0.1, -0.05) is 0 Å². The lowest BCUT2D eigenvalue weighted by Crippen LogP contribution is -2.44. The van der Waals surface area contributed by atoms with Crippen molar-refractivity contribution in [3.05, 3.63) is 0 Å². The van der Waals surface area contributed by atoms with Gasteiger partial charge in [-0.05, 0) is 27.7 Å². The number of imide groups is 2. The van der Waals surface area contributed by atoms with Gasteiger partial charge >= 0.3 is 12.1 Å². The average molecular weight is 332 g/mol. The number of carbonyl (C=O) groups is 4. The SMILES string of the molecule is CC1(C)C(=O)NC(=O)N1CO.CC1(C)NC(=O)N(C(O)O)C1=O. The van der Waals surface area contributed by atoms with Gasteiger partial charge in [0.2, 0.25) is 6.41 Å². The van der Waals surface area contributed by atoms with Crippen LogP contribution in [0.1, 0.15) is 27.7 Å². The highest BCUT2D eigenvalue weighted by Gasteiger charge is 2.47. The molecule has 0 atom stereocenters. The molecule has 11 heteroatoms. The fraction of sp³-hybridized carbons (Fsp3) is 0.667. The molecule has 2 saturated heterocycles. The summed E-state index contributed by atoms with van der Waals surface area (Å²) in [5.74, 6) is -1.03. The third-order valence-electron chi connectivity index (χ3n) is 3.46. The van der Waals surface area contributed by atoms with Gasteiger partial charge in [0.15, 0.2) is 0 Å². The predicted molar refractivity (Wildman–Crippen MR) is 74.2 cm³/mol. The molecule has 0 aromatic carbocycles. The molecule has 11 nitrogen and oxygen atoms in total. The summed E-state index contributed by atoms with van der Waals surface area (Å²) >= 11 is 0. The van der Waals surface area contributed by atoms with E-state index in [-0.39, 0.29) is 5.91 Å². The molecule has 0 aromatic rings. The van der Waals surface area contributed by atoms with Crippen LogP contribution in [0.2, 0.25) is 0 Å². The van der Waals surface area contributed by atoms with Gasteiger partial charge in [0.25, 0.3) is 11.8 Å². The molecule has 0 unspecified atom stereocenters. The van der Waals surface area contributed by atoms with Crippen molar-refractivity contribution >= 4 is 23.9 Å². The third-order valence-corrected chi connectivity index (χ3v) is 3.46. The number of hydrogen-bond acceptors (Lipinski definition) is 7. The van der Waals surface area contributed by atoms with Gasteiger partial charge in [0.1, 0.15) is 17.8 Å². The van der Waals surface area contributed by atoms with Gasteiger partial charge in [-0.25, -0.2) is 14.5 Å². The quantitative estimate of drug-likeness (QED) is 0.285. The van der Waals surface area contributed by atoms with Crippen molar-refractivity contribution in [1.82, 2.24) is 20.4 Å². The second-order valence-electron chi connectivity index (χ2n) is 5.96. The van der Waals surface area contributed by atoms with Crippen LogP contribution in [0.4, 0.5) is 9.59 Å². The first kappa shape index (κ1) is 18.8. The van der Waals surface area contributed by atoms with E-state index >= 15 is 0 Å². The zero-order valence-corrected chi connectivity index (χ0v) is 13.2. The smallest absolute Gasteiger partial charge is 0.329 e. The summed E-state index contributed by atoms with van der Waals surface area (Å²) in [5, 5.41) is 30.3. The number of hydrogen-bond donors (Lipinski definition) is 5. The Hall–Kier alpha value is -2.24. The van der Waals surface area contributed by atoms with E-state index in [1.807, 2.05) is 0 Å². The van der Waals surface area contributed by atoms with Gasteiger partial charge in [-0.3, -0.25) is 19.8 Å². The Bertz CT molecular complexity index is 544. The summed E-state index contributed by atoms with van der Waals surface area (Å²) < 4.78 is 0. The van der Waals surface area contributed by atoms with Crippen molar-refractivity contribution < 1.29 is 34.5 Å². The lowest BCUT2D eigenvalue weighted by molar-refractivity contribution is -0.161. The summed E-state index contributed by atoms with van der Waals surface area (Å²) in [4.78, 5) is 45.4. The van der Waals surface area contributed by atoms with Crippen molar-refractivity contribution in [2.24, 2.45) is 0 Å². The Kier molecular flexibility index (Phi) is 4.99. The molecule has 23 heavy (non-hydrogen) atoms. The maximum Gasteiger partial charge on any atom is 0.329 e. The molecule has 2 aliphatic rings. The molecule has 130 valence electrons. The minimum Gasteiger partial charge on any atom is -0.376 e. The number of amides is 6. The van der Waals surface area contributed by atoms with Gasteiger partial charge in [0.05, 0.1) is 0 Å². The standard InChI is InChI=1S/C6H10N2O4.C6H10N2O3/c1-6(2)3(9)8(5(11)12)4(10)7-6;1-6(2)4(10)7-5(11)8(6)3-9/h5,11-12H,1-2H3,(H,7,10);9H,3H2,1-2H3,(H,7,10,11). The minimum absolute atomic E-state index is 0.361. The number of aliphatic hydroxyl groups excluding tert-OH is 2. The first-order chi connectivity index (χ1) is 10.4. The predicted octanol–water partition coefficient (Wildman–Crippen LogP) is -2.15. The maximum atomic E-state index is 11.2. The fourth-order valence-electron chi connectivity index (χ4n) is 1.92. The Morgan fingerprint density at radius 1 is 1.04 bits per heavy atom. The van der Waals surface area contributed by atoms with Crippen molar-refractivity contribution in [3.63, 3.8) is 0 Å². The number of urea groups is 2. The van der Waals surface area contributed by atoms with E-state index in [2.05, 4.69) is 10.6 Å². The van der Waals surface area contributed by atoms with Crippen LogP contribution in [0.25, 0.3) is 0 Å². The first-order valence-corrected chi connectivity index (χ1v) is 6.62. The molecule has 2 aliphatic heterocycles. The molecule has 0 bridgehead atoms. The maximum absolute atomic E-state index is 11.2. The number of nitrogens with zero attached hydrogens (tertiary/aromatic N) is 2.